The molecule has 3 rings (SSSR count). The molecule has 1 aromatic heterocycles. The zero-order valence-electron chi connectivity index (χ0n) is 16.2. The Labute approximate surface area is 173 Å². The second-order valence-corrected chi connectivity index (χ2v) is 8.31. The summed E-state index contributed by atoms with van der Waals surface area (Å²) in [5, 5.41) is 3.87. The molecule has 5 nitrogen and oxygen atoms in total. The van der Waals surface area contributed by atoms with Crippen LogP contribution < -0.4 is 10.9 Å². The van der Waals surface area contributed by atoms with E-state index in [0.29, 0.717) is 27.6 Å². The van der Waals surface area contributed by atoms with Crippen molar-refractivity contribution in [2.24, 2.45) is 0 Å². The van der Waals surface area contributed by atoms with Crippen molar-refractivity contribution in [2.75, 3.05) is 6.54 Å². The minimum atomic E-state index is -0.403. The third-order valence-electron chi connectivity index (χ3n) is 4.62. The highest BCUT2D eigenvalue weighted by Crippen LogP contribution is 2.28. The number of hydrogen-bond donors (Lipinski definition) is 1. The lowest BCUT2D eigenvalue weighted by atomic mass is 10.1. The Balaban J connectivity index is 2.26. The van der Waals surface area contributed by atoms with Crippen molar-refractivity contribution in [1.29, 1.82) is 0 Å². The average Bonchev–Trinajstić information content (AvgIpc) is 2.65. The van der Waals surface area contributed by atoms with Crippen molar-refractivity contribution in [3.63, 3.8) is 0 Å². The van der Waals surface area contributed by atoms with E-state index in [9.17, 15) is 9.59 Å². The van der Waals surface area contributed by atoms with Gasteiger partial charge in [0, 0.05) is 11.6 Å². The van der Waals surface area contributed by atoms with Gasteiger partial charge in [-0.2, -0.15) is 0 Å². The van der Waals surface area contributed by atoms with Gasteiger partial charge in [-0.1, -0.05) is 35.5 Å². The van der Waals surface area contributed by atoms with Crippen molar-refractivity contribution in [1.82, 2.24) is 14.9 Å². The molecule has 0 aliphatic carbocycles. The molecule has 1 amide bonds. The Kier molecular flexibility index (Phi) is 6.10. The van der Waals surface area contributed by atoms with E-state index in [0.717, 1.165) is 16.8 Å². The lowest BCUT2D eigenvalue weighted by Gasteiger charge is -2.18. The summed E-state index contributed by atoms with van der Waals surface area (Å²) >= 11 is 7.36. The topological polar surface area (TPSA) is 64.0 Å². The van der Waals surface area contributed by atoms with Crippen LogP contribution in [0.25, 0.3) is 16.6 Å². The first-order valence-corrected chi connectivity index (χ1v) is 10.3. The van der Waals surface area contributed by atoms with Crippen molar-refractivity contribution < 1.29 is 4.79 Å². The fourth-order valence-electron chi connectivity index (χ4n) is 2.94. The van der Waals surface area contributed by atoms with E-state index in [1.807, 2.05) is 39.0 Å². The van der Waals surface area contributed by atoms with Gasteiger partial charge in [0.1, 0.15) is 0 Å². The van der Waals surface area contributed by atoms with Gasteiger partial charge in [-0.05, 0) is 63.1 Å². The first-order chi connectivity index (χ1) is 13.3. The number of halogens is 1. The van der Waals surface area contributed by atoms with E-state index >= 15 is 0 Å². The predicted molar refractivity (Wildman–Crippen MR) is 116 cm³/mol. The standard InChI is InChI=1S/C21H22ClN3O2S/c1-5-23-19(26)14(4)28-21-24-17-11-15(22)9-10-16(17)20(27)25(21)18-8-6-7-12(2)13(18)3/h6-11,14H,5H2,1-4H3,(H,23,26)/t14-/m1/s1. The van der Waals surface area contributed by atoms with Gasteiger partial charge >= 0.3 is 0 Å². The second-order valence-electron chi connectivity index (χ2n) is 6.57. The van der Waals surface area contributed by atoms with E-state index in [2.05, 4.69) is 10.3 Å². The predicted octanol–water partition coefficient (Wildman–Crippen LogP) is 4.27. The zero-order valence-corrected chi connectivity index (χ0v) is 17.8. The highest BCUT2D eigenvalue weighted by molar-refractivity contribution is 8.00. The first kappa shape index (κ1) is 20.4. The molecule has 28 heavy (non-hydrogen) atoms. The van der Waals surface area contributed by atoms with Crippen LogP contribution in [-0.4, -0.2) is 27.3 Å². The zero-order chi connectivity index (χ0) is 20.4. The van der Waals surface area contributed by atoms with Crippen LogP contribution in [0.5, 0.6) is 0 Å². The summed E-state index contributed by atoms with van der Waals surface area (Å²) in [5.74, 6) is -0.0968. The Morgan fingerprint density at radius 2 is 2.04 bits per heavy atom. The van der Waals surface area contributed by atoms with Crippen LogP contribution in [0.2, 0.25) is 5.02 Å². The summed E-state index contributed by atoms with van der Waals surface area (Å²) in [5.41, 5.74) is 3.17. The number of thioether (sulfide) groups is 1. The van der Waals surface area contributed by atoms with Gasteiger partial charge in [-0.15, -0.1) is 0 Å². The molecule has 7 heteroatoms. The molecule has 0 aliphatic rings. The SMILES string of the molecule is CCNC(=O)[C@@H](C)Sc1nc2cc(Cl)ccc2c(=O)n1-c1cccc(C)c1C. The number of aryl methyl sites for hydroxylation is 1. The lowest BCUT2D eigenvalue weighted by molar-refractivity contribution is -0.120. The van der Waals surface area contributed by atoms with Gasteiger partial charge in [-0.3, -0.25) is 14.2 Å². The number of nitrogens with one attached hydrogen (secondary N) is 1. The van der Waals surface area contributed by atoms with Crippen LogP contribution in [0.4, 0.5) is 0 Å². The molecule has 0 radical (unpaired) electrons. The molecule has 0 unspecified atom stereocenters. The van der Waals surface area contributed by atoms with E-state index in [-0.39, 0.29) is 11.5 Å². The maximum atomic E-state index is 13.4. The van der Waals surface area contributed by atoms with Crippen LogP contribution in [0.3, 0.4) is 0 Å². The highest BCUT2D eigenvalue weighted by Gasteiger charge is 2.21. The van der Waals surface area contributed by atoms with Crippen molar-refractivity contribution in [2.45, 2.75) is 38.1 Å². The summed E-state index contributed by atoms with van der Waals surface area (Å²) in [6.07, 6.45) is 0. The number of nitrogens with zero attached hydrogens (tertiary/aromatic N) is 2. The monoisotopic (exact) mass is 415 g/mol. The van der Waals surface area contributed by atoms with Crippen molar-refractivity contribution in [3.05, 3.63) is 62.9 Å². The molecular weight excluding hydrogens is 394 g/mol. The van der Waals surface area contributed by atoms with Crippen molar-refractivity contribution >= 4 is 40.2 Å². The number of aromatic nitrogens is 2. The smallest absolute Gasteiger partial charge is 0.266 e. The van der Waals surface area contributed by atoms with Gasteiger partial charge in [0.25, 0.3) is 5.56 Å². The van der Waals surface area contributed by atoms with Gasteiger partial charge in [-0.25, -0.2) is 4.98 Å². The molecule has 0 spiro atoms. The summed E-state index contributed by atoms with van der Waals surface area (Å²) in [6, 6.07) is 10.9. The Morgan fingerprint density at radius 3 is 2.75 bits per heavy atom. The summed E-state index contributed by atoms with van der Waals surface area (Å²) < 4.78 is 1.60. The van der Waals surface area contributed by atoms with Crippen LogP contribution in [-0.2, 0) is 4.79 Å². The van der Waals surface area contributed by atoms with E-state index < -0.39 is 5.25 Å². The fourth-order valence-corrected chi connectivity index (χ4v) is 4.05. The molecule has 1 heterocycles. The highest BCUT2D eigenvalue weighted by atomic mass is 35.5. The van der Waals surface area contributed by atoms with E-state index in [1.165, 1.54) is 11.8 Å². The van der Waals surface area contributed by atoms with E-state index in [4.69, 9.17) is 11.6 Å². The Hall–Kier alpha value is -2.31. The van der Waals surface area contributed by atoms with Crippen LogP contribution in [0.15, 0.2) is 46.3 Å². The molecule has 1 atom stereocenters. The number of carbonyl (C=O) groups is 1. The number of amides is 1. The second kappa shape index (κ2) is 8.37. The molecule has 0 fully saturated rings. The van der Waals surface area contributed by atoms with Gasteiger partial charge < -0.3 is 5.32 Å². The number of rotatable bonds is 5. The molecule has 0 saturated heterocycles. The molecule has 146 valence electrons. The third kappa shape index (κ3) is 3.93. The summed E-state index contributed by atoms with van der Waals surface area (Å²) in [7, 11) is 0. The van der Waals surface area contributed by atoms with Crippen molar-refractivity contribution in [3.8, 4) is 5.69 Å². The average molecular weight is 416 g/mol. The normalized spacial score (nSPS) is 12.2. The third-order valence-corrected chi connectivity index (χ3v) is 5.91. The first-order valence-electron chi connectivity index (χ1n) is 9.06. The molecule has 3 aromatic rings. The fraction of sp³-hybridized carbons (Fsp3) is 0.286. The number of fused-ring (bicyclic) bond motifs is 1. The van der Waals surface area contributed by atoms with Gasteiger partial charge in [0.15, 0.2) is 5.16 Å². The van der Waals surface area contributed by atoms with Crippen LogP contribution in [0.1, 0.15) is 25.0 Å². The molecule has 0 bridgehead atoms. The van der Waals surface area contributed by atoms with E-state index in [1.54, 1.807) is 29.7 Å². The van der Waals surface area contributed by atoms with Crippen LogP contribution >= 0.6 is 23.4 Å². The number of hydrogen-bond acceptors (Lipinski definition) is 4. The Morgan fingerprint density at radius 1 is 1.29 bits per heavy atom. The van der Waals surface area contributed by atoms with Gasteiger partial charge in [0.2, 0.25) is 5.91 Å². The molecule has 2 aromatic carbocycles. The summed E-state index contributed by atoms with van der Waals surface area (Å²) in [6.45, 7) is 8.20. The van der Waals surface area contributed by atoms with Crippen LogP contribution in [0, 0.1) is 13.8 Å². The maximum Gasteiger partial charge on any atom is 0.266 e. The molecule has 0 aliphatic heterocycles. The molecular formula is C21H22ClN3O2S. The summed E-state index contributed by atoms with van der Waals surface area (Å²) in [4.78, 5) is 30.3. The van der Waals surface area contributed by atoms with Gasteiger partial charge in [0.05, 0.1) is 21.8 Å². The number of benzene rings is 2. The maximum absolute atomic E-state index is 13.4. The Bertz CT molecular complexity index is 1110. The minimum absolute atomic E-state index is 0.0968. The molecule has 1 N–H and O–H groups in total. The lowest BCUT2D eigenvalue weighted by Crippen LogP contribution is -2.31. The quantitative estimate of drug-likeness (QED) is 0.499. The molecule has 0 saturated carbocycles. The largest absolute Gasteiger partial charge is 0.355 e. The minimum Gasteiger partial charge on any atom is -0.355 e. The number of carbonyl (C=O) groups excluding carboxylic acids is 1.